The molecular formula is C15H25NO5S. The third-order valence-corrected chi connectivity index (χ3v) is 5.06. The van der Waals surface area contributed by atoms with Crippen LogP contribution in [0.5, 0.6) is 5.75 Å². The Hall–Kier alpha value is -1.15. The van der Waals surface area contributed by atoms with Crippen molar-refractivity contribution < 1.29 is 23.0 Å². The Morgan fingerprint density at radius 2 is 1.68 bits per heavy atom. The molecule has 0 spiro atoms. The number of aromatic hydroxyl groups is 1. The molecule has 0 saturated carbocycles. The summed E-state index contributed by atoms with van der Waals surface area (Å²) in [4.78, 5) is 0.199. The van der Waals surface area contributed by atoms with Crippen LogP contribution in [0, 0.1) is 5.41 Å². The fraction of sp³-hybridized carbons (Fsp3) is 0.600. The Morgan fingerprint density at radius 3 is 2.27 bits per heavy atom. The van der Waals surface area contributed by atoms with E-state index >= 15 is 0 Å². The smallest absolute Gasteiger partial charge is 0.178 e. The molecule has 0 unspecified atom stereocenters. The minimum Gasteiger partial charge on any atom is -0.508 e. The van der Waals surface area contributed by atoms with E-state index in [4.69, 9.17) is 15.2 Å². The largest absolute Gasteiger partial charge is 0.508 e. The zero-order valence-electron chi connectivity index (χ0n) is 13.1. The SMILES string of the molecule is CC(C)(COCCOCCN)CS(=O)(=O)c1ccc(O)cc1. The lowest BCUT2D eigenvalue weighted by Gasteiger charge is -2.24. The average molecular weight is 331 g/mol. The summed E-state index contributed by atoms with van der Waals surface area (Å²) in [5.74, 6) is 0.00746. The van der Waals surface area contributed by atoms with Crippen molar-refractivity contribution in [1.29, 1.82) is 0 Å². The van der Waals surface area contributed by atoms with Crippen LogP contribution in [0.4, 0.5) is 0 Å². The molecule has 1 aromatic carbocycles. The highest BCUT2D eigenvalue weighted by Gasteiger charge is 2.27. The molecule has 0 amide bonds. The van der Waals surface area contributed by atoms with Gasteiger partial charge in [-0.2, -0.15) is 0 Å². The van der Waals surface area contributed by atoms with Gasteiger partial charge >= 0.3 is 0 Å². The highest BCUT2D eigenvalue weighted by atomic mass is 32.2. The first-order valence-electron chi connectivity index (χ1n) is 7.14. The zero-order valence-corrected chi connectivity index (χ0v) is 13.9. The minimum absolute atomic E-state index is 0.0333. The van der Waals surface area contributed by atoms with Crippen molar-refractivity contribution in [2.45, 2.75) is 18.7 Å². The maximum Gasteiger partial charge on any atom is 0.178 e. The van der Waals surface area contributed by atoms with Gasteiger partial charge in [0.1, 0.15) is 5.75 Å². The summed E-state index contributed by atoms with van der Waals surface area (Å²) in [5.41, 5.74) is 4.78. The summed E-state index contributed by atoms with van der Waals surface area (Å²) >= 11 is 0. The molecule has 0 aromatic heterocycles. The number of benzene rings is 1. The van der Waals surface area contributed by atoms with Crippen LogP contribution in [0.2, 0.25) is 0 Å². The highest BCUT2D eigenvalue weighted by molar-refractivity contribution is 7.91. The molecule has 0 aliphatic rings. The van der Waals surface area contributed by atoms with Crippen LogP contribution in [-0.4, -0.2) is 52.2 Å². The van der Waals surface area contributed by atoms with E-state index in [1.54, 1.807) is 0 Å². The van der Waals surface area contributed by atoms with Gasteiger partial charge in [0, 0.05) is 12.0 Å². The normalized spacial score (nSPS) is 12.5. The van der Waals surface area contributed by atoms with Gasteiger partial charge in [0.15, 0.2) is 9.84 Å². The molecule has 0 aliphatic heterocycles. The zero-order chi connectivity index (χ0) is 16.6. The van der Waals surface area contributed by atoms with E-state index in [9.17, 15) is 13.5 Å². The van der Waals surface area contributed by atoms with Crippen LogP contribution in [0.1, 0.15) is 13.8 Å². The molecule has 22 heavy (non-hydrogen) atoms. The van der Waals surface area contributed by atoms with Crippen molar-refractivity contribution in [1.82, 2.24) is 0 Å². The van der Waals surface area contributed by atoms with Crippen LogP contribution in [-0.2, 0) is 19.3 Å². The molecule has 0 bridgehead atoms. The van der Waals surface area contributed by atoms with E-state index in [-0.39, 0.29) is 16.4 Å². The van der Waals surface area contributed by atoms with Gasteiger partial charge in [-0.05, 0) is 24.3 Å². The third-order valence-electron chi connectivity index (χ3n) is 2.90. The molecule has 6 nitrogen and oxygen atoms in total. The lowest BCUT2D eigenvalue weighted by molar-refractivity contribution is 0.0221. The summed E-state index contributed by atoms with van der Waals surface area (Å²) in [7, 11) is -3.42. The third kappa shape index (κ3) is 6.74. The number of ether oxygens (including phenoxy) is 2. The lowest BCUT2D eigenvalue weighted by Crippen LogP contribution is -2.29. The maximum atomic E-state index is 12.4. The van der Waals surface area contributed by atoms with Crippen LogP contribution >= 0.6 is 0 Å². The predicted molar refractivity (Wildman–Crippen MR) is 84.6 cm³/mol. The Bertz CT molecular complexity index is 540. The fourth-order valence-electron chi connectivity index (χ4n) is 1.94. The summed E-state index contributed by atoms with van der Waals surface area (Å²) in [6, 6.07) is 5.54. The molecule has 0 saturated heterocycles. The van der Waals surface area contributed by atoms with Crippen LogP contribution in [0.25, 0.3) is 0 Å². The monoisotopic (exact) mass is 331 g/mol. The summed E-state index contributed by atoms with van der Waals surface area (Å²) < 4.78 is 35.4. The quantitative estimate of drug-likeness (QED) is 0.625. The standard InChI is InChI=1S/C15H25NO5S/c1-15(2,11-21-10-9-20-8-7-16)12-22(18,19)14-5-3-13(17)4-6-14/h3-6,17H,7-12,16H2,1-2H3. The molecule has 1 aromatic rings. The van der Waals surface area contributed by atoms with E-state index in [2.05, 4.69) is 0 Å². The summed E-state index contributed by atoms with van der Waals surface area (Å²) in [6.07, 6.45) is 0. The number of phenols is 1. The number of hydrogen-bond donors (Lipinski definition) is 2. The Kier molecular flexibility index (Phi) is 7.28. The molecule has 0 atom stereocenters. The molecule has 0 heterocycles. The van der Waals surface area contributed by atoms with Crippen molar-refractivity contribution in [2.24, 2.45) is 11.1 Å². The number of phenolic OH excluding ortho intramolecular Hbond substituents is 1. The summed E-state index contributed by atoms with van der Waals surface area (Å²) in [6.45, 7) is 5.80. The van der Waals surface area contributed by atoms with Gasteiger partial charge in [-0.15, -0.1) is 0 Å². The number of rotatable bonds is 10. The van der Waals surface area contributed by atoms with Crippen molar-refractivity contribution in [3.05, 3.63) is 24.3 Å². The molecule has 0 aliphatic carbocycles. The van der Waals surface area contributed by atoms with E-state index in [1.165, 1.54) is 24.3 Å². The van der Waals surface area contributed by atoms with Gasteiger partial charge in [-0.1, -0.05) is 13.8 Å². The Balaban J connectivity index is 2.50. The van der Waals surface area contributed by atoms with Crippen molar-refractivity contribution in [3.8, 4) is 5.75 Å². The fourth-order valence-corrected chi connectivity index (χ4v) is 3.77. The van der Waals surface area contributed by atoms with Gasteiger partial charge in [0.2, 0.25) is 0 Å². The topological polar surface area (TPSA) is 98.9 Å². The van der Waals surface area contributed by atoms with Crippen LogP contribution in [0.3, 0.4) is 0 Å². The molecular weight excluding hydrogens is 306 g/mol. The number of nitrogens with two attached hydrogens (primary N) is 1. The number of hydrogen-bond acceptors (Lipinski definition) is 6. The molecule has 3 N–H and O–H groups in total. The van der Waals surface area contributed by atoms with E-state index in [0.29, 0.717) is 33.0 Å². The van der Waals surface area contributed by atoms with Crippen molar-refractivity contribution >= 4 is 9.84 Å². The second kappa shape index (κ2) is 8.47. The predicted octanol–water partition coefficient (Wildman–Crippen LogP) is 1.18. The van der Waals surface area contributed by atoms with Crippen molar-refractivity contribution in [2.75, 3.05) is 38.7 Å². The van der Waals surface area contributed by atoms with E-state index in [1.807, 2.05) is 13.8 Å². The van der Waals surface area contributed by atoms with Gasteiger partial charge < -0.3 is 20.3 Å². The molecule has 0 radical (unpaired) electrons. The van der Waals surface area contributed by atoms with E-state index in [0.717, 1.165) is 0 Å². The summed E-state index contributed by atoms with van der Waals surface area (Å²) in [5, 5.41) is 9.23. The van der Waals surface area contributed by atoms with Crippen LogP contribution < -0.4 is 5.73 Å². The molecule has 1 rings (SSSR count). The van der Waals surface area contributed by atoms with Gasteiger partial charge in [0.05, 0.1) is 37.1 Å². The van der Waals surface area contributed by atoms with Gasteiger partial charge in [-0.25, -0.2) is 8.42 Å². The minimum atomic E-state index is -3.42. The number of sulfone groups is 1. The maximum absolute atomic E-state index is 12.4. The van der Waals surface area contributed by atoms with Gasteiger partial charge in [0.25, 0.3) is 0 Å². The molecule has 126 valence electrons. The first-order valence-corrected chi connectivity index (χ1v) is 8.79. The van der Waals surface area contributed by atoms with Crippen molar-refractivity contribution in [3.63, 3.8) is 0 Å². The first-order chi connectivity index (χ1) is 10.3. The Morgan fingerprint density at radius 1 is 1.09 bits per heavy atom. The second-order valence-electron chi connectivity index (χ2n) is 5.87. The lowest BCUT2D eigenvalue weighted by atomic mass is 9.98. The van der Waals surface area contributed by atoms with Gasteiger partial charge in [-0.3, -0.25) is 0 Å². The Labute approximate surface area is 132 Å². The molecule has 7 heteroatoms. The van der Waals surface area contributed by atoms with E-state index < -0.39 is 15.3 Å². The average Bonchev–Trinajstić information content (AvgIpc) is 2.42. The highest BCUT2D eigenvalue weighted by Crippen LogP contribution is 2.24. The second-order valence-corrected chi connectivity index (χ2v) is 7.86. The molecule has 0 fully saturated rings. The first kappa shape index (κ1) is 18.9. The van der Waals surface area contributed by atoms with Crippen LogP contribution in [0.15, 0.2) is 29.2 Å².